The van der Waals surface area contributed by atoms with E-state index in [0.29, 0.717) is 21.5 Å². The maximum Gasteiger partial charge on any atom is 0.516 e. The molecule has 0 spiro atoms. The molecule has 0 saturated carbocycles. The molecule has 0 unspecified atom stereocenters. The number of benzene rings is 4. The SMILES string of the molecule is O=S(=O)(Nc1ccc2c(OCc3ccc(-c4ccc(Cl)cc4)cc3)cccc2c1)C(F)(F)F. The Labute approximate surface area is 193 Å². The van der Waals surface area contributed by atoms with Crippen molar-refractivity contribution >= 4 is 38.1 Å². The standard InChI is InChI=1S/C24H17ClF3NO3S/c25-20-10-8-18(9-11-20)17-6-4-16(5-7-17)15-32-23-3-1-2-19-14-21(12-13-22(19)23)29-33(30,31)24(26,27)28/h1-14,29H,15H2. The molecule has 4 aromatic carbocycles. The van der Waals surface area contributed by atoms with Crippen molar-refractivity contribution in [3.8, 4) is 16.9 Å². The van der Waals surface area contributed by atoms with Gasteiger partial charge in [0, 0.05) is 16.1 Å². The number of anilines is 1. The molecule has 0 bridgehead atoms. The molecule has 0 radical (unpaired) electrons. The van der Waals surface area contributed by atoms with Gasteiger partial charge in [-0.25, -0.2) is 0 Å². The van der Waals surface area contributed by atoms with Crippen LogP contribution in [0.2, 0.25) is 5.02 Å². The van der Waals surface area contributed by atoms with E-state index in [1.54, 1.807) is 22.9 Å². The average molecular weight is 492 g/mol. The molecule has 4 nitrogen and oxygen atoms in total. The van der Waals surface area contributed by atoms with Gasteiger partial charge >= 0.3 is 15.5 Å². The highest BCUT2D eigenvalue weighted by molar-refractivity contribution is 7.93. The van der Waals surface area contributed by atoms with Crippen LogP contribution in [0.3, 0.4) is 0 Å². The van der Waals surface area contributed by atoms with Crippen LogP contribution in [0.1, 0.15) is 5.56 Å². The molecular weight excluding hydrogens is 475 g/mol. The van der Waals surface area contributed by atoms with Gasteiger partial charge in [0.2, 0.25) is 0 Å². The Morgan fingerprint density at radius 1 is 0.848 bits per heavy atom. The predicted molar refractivity (Wildman–Crippen MR) is 124 cm³/mol. The zero-order valence-corrected chi connectivity index (χ0v) is 18.5. The van der Waals surface area contributed by atoms with Gasteiger partial charge in [-0.15, -0.1) is 0 Å². The van der Waals surface area contributed by atoms with Crippen LogP contribution in [-0.2, 0) is 16.6 Å². The van der Waals surface area contributed by atoms with Crippen LogP contribution in [0, 0.1) is 0 Å². The van der Waals surface area contributed by atoms with Gasteiger partial charge in [0.25, 0.3) is 0 Å². The predicted octanol–water partition coefficient (Wildman–Crippen LogP) is 7.00. The van der Waals surface area contributed by atoms with E-state index in [-0.39, 0.29) is 12.3 Å². The summed E-state index contributed by atoms with van der Waals surface area (Å²) < 4.78 is 68.0. The van der Waals surface area contributed by atoms with Crippen molar-refractivity contribution in [2.75, 3.05) is 4.72 Å². The zero-order valence-electron chi connectivity index (χ0n) is 16.9. The van der Waals surface area contributed by atoms with Crippen LogP contribution in [-0.4, -0.2) is 13.9 Å². The highest BCUT2D eigenvalue weighted by atomic mass is 35.5. The summed E-state index contributed by atoms with van der Waals surface area (Å²) in [4.78, 5) is 0. The summed E-state index contributed by atoms with van der Waals surface area (Å²) in [5, 5.41) is 1.85. The number of halogens is 4. The van der Waals surface area contributed by atoms with Crippen LogP contribution in [0.25, 0.3) is 21.9 Å². The lowest BCUT2D eigenvalue weighted by atomic mass is 10.0. The quantitative estimate of drug-likeness (QED) is 0.316. The second-order valence-corrected chi connectivity index (χ2v) is 9.35. The van der Waals surface area contributed by atoms with Crippen LogP contribution in [0.15, 0.2) is 84.9 Å². The molecule has 0 heterocycles. The number of alkyl halides is 3. The first-order valence-corrected chi connectivity index (χ1v) is 11.6. The number of rotatable bonds is 6. The van der Waals surface area contributed by atoms with Crippen molar-refractivity contribution in [1.29, 1.82) is 0 Å². The number of hydrogen-bond acceptors (Lipinski definition) is 3. The molecule has 0 aliphatic rings. The summed E-state index contributed by atoms with van der Waals surface area (Å²) in [6, 6.07) is 24.6. The summed E-state index contributed by atoms with van der Waals surface area (Å²) in [7, 11) is -5.49. The van der Waals surface area contributed by atoms with E-state index in [4.69, 9.17) is 16.3 Å². The largest absolute Gasteiger partial charge is 0.516 e. The molecular formula is C24H17ClF3NO3S. The Balaban J connectivity index is 1.49. The molecule has 0 aliphatic carbocycles. The summed E-state index contributed by atoms with van der Waals surface area (Å²) in [5.74, 6) is 0.527. The average Bonchev–Trinajstić information content (AvgIpc) is 2.77. The molecule has 4 rings (SSSR count). The molecule has 9 heteroatoms. The third-order valence-corrected chi connectivity index (χ3v) is 6.29. The molecule has 170 valence electrons. The van der Waals surface area contributed by atoms with Crippen LogP contribution in [0.4, 0.5) is 18.9 Å². The number of nitrogens with one attached hydrogen (secondary N) is 1. The van der Waals surface area contributed by atoms with E-state index in [9.17, 15) is 21.6 Å². The molecule has 4 aromatic rings. The summed E-state index contributed by atoms with van der Waals surface area (Å²) in [5.41, 5.74) is -2.57. The Hall–Kier alpha value is -3.23. The minimum atomic E-state index is -5.49. The van der Waals surface area contributed by atoms with E-state index in [0.717, 1.165) is 16.7 Å². The third kappa shape index (κ3) is 5.23. The van der Waals surface area contributed by atoms with Crippen LogP contribution >= 0.6 is 11.6 Å². The lowest BCUT2D eigenvalue weighted by Crippen LogP contribution is -2.29. The van der Waals surface area contributed by atoms with Gasteiger partial charge in [0.1, 0.15) is 12.4 Å². The van der Waals surface area contributed by atoms with Crippen molar-refractivity contribution in [1.82, 2.24) is 0 Å². The second kappa shape index (κ2) is 8.96. The topological polar surface area (TPSA) is 55.4 Å². The van der Waals surface area contributed by atoms with E-state index in [2.05, 4.69) is 0 Å². The third-order valence-electron chi connectivity index (χ3n) is 4.92. The first-order chi connectivity index (χ1) is 15.6. The van der Waals surface area contributed by atoms with Gasteiger partial charge in [0.15, 0.2) is 0 Å². The van der Waals surface area contributed by atoms with Crippen molar-refractivity contribution in [2.45, 2.75) is 12.1 Å². The number of sulfonamides is 1. The molecule has 1 N–H and O–H groups in total. The van der Waals surface area contributed by atoms with Crippen molar-refractivity contribution in [3.63, 3.8) is 0 Å². The molecule has 33 heavy (non-hydrogen) atoms. The normalized spacial score (nSPS) is 12.0. The van der Waals surface area contributed by atoms with Crippen molar-refractivity contribution < 1.29 is 26.3 Å². The fourth-order valence-electron chi connectivity index (χ4n) is 3.25. The van der Waals surface area contributed by atoms with Gasteiger partial charge in [-0.2, -0.15) is 21.6 Å². The first-order valence-electron chi connectivity index (χ1n) is 9.72. The minimum Gasteiger partial charge on any atom is -0.488 e. The summed E-state index contributed by atoms with van der Waals surface area (Å²) in [6.45, 7) is 0.280. The van der Waals surface area contributed by atoms with Gasteiger partial charge in [-0.3, -0.25) is 4.72 Å². The Kier molecular flexibility index (Phi) is 6.23. The molecule has 0 saturated heterocycles. The summed E-state index contributed by atoms with van der Waals surface area (Å²) >= 11 is 5.93. The highest BCUT2D eigenvalue weighted by Gasteiger charge is 2.46. The monoisotopic (exact) mass is 491 g/mol. The van der Waals surface area contributed by atoms with Crippen LogP contribution in [0.5, 0.6) is 5.75 Å². The van der Waals surface area contributed by atoms with Gasteiger partial charge in [-0.05, 0) is 58.5 Å². The Morgan fingerprint density at radius 2 is 1.48 bits per heavy atom. The van der Waals surface area contributed by atoms with Crippen molar-refractivity contribution in [2.24, 2.45) is 0 Å². The molecule has 0 amide bonds. The Bertz CT molecular complexity index is 1390. The smallest absolute Gasteiger partial charge is 0.488 e. The summed E-state index contributed by atoms with van der Waals surface area (Å²) in [6.07, 6.45) is 0. The van der Waals surface area contributed by atoms with Gasteiger partial charge in [-0.1, -0.05) is 60.1 Å². The fourth-order valence-corrected chi connectivity index (χ4v) is 3.93. The van der Waals surface area contributed by atoms with Crippen LogP contribution < -0.4 is 9.46 Å². The number of ether oxygens (including phenoxy) is 1. The van der Waals surface area contributed by atoms with E-state index >= 15 is 0 Å². The molecule has 0 aromatic heterocycles. The number of hydrogen-bond donors (Lipinski definition) is 1. The van der Waals surface area contributed by atoms with Gasteiger partial charge in [0.05, 0.1) is 0 Å². The molecule has 0 aliphatic heterocycles. The van der Waals surface area contributed by atoms with E-state index in [1.165, 1.54) is 18.2 Å². The number of fused-ring (bicyclic) bond motifs is 1. The lowest BCUT2D eigenvalue weighted by molar-refractivity contribution is -0.0429. The maximum absolute atomic E-state index is 12.6. The van der Waals surface area contributed by atoms with E-state index < -0.39 is 15.5 Å². The highest BCUT2D eigenvalue weighted by Crippen LogP contribution is 2.31. The second-order valence-electron chi connectivity index (χ2n) is 7.24. The maximum atomic E-state index is 12.6. The minimum absolute atomic E-state index is 0.185. The zero-order chi connectivity index (χ0) is 23.6. The molecule has 0 fully saturated rings. The van der Waals surface area contributed by atoms with Gasteiger partial charge < -0.3 is 4.74 Å². The molecule has 0 atom stereocenters. The first kappa shape index (κ1) is 22.9. The van der Waals surface area contributed by atoms with Crippen molar-refractivity contribution in [3.05, 3.63) is 95.5 Å². The van der Waals surface area contributed by atoms with E-state index in [1.807, 2.05) is 48.5 Å². The fraction of sp³-hybridized carbons (Fsp3) is 0.0833. The lowest BCUT2D eigenvalue weighted by Gasteiger charge is -2.13. The Morgan fingerprint density at radius 3 is 2.12 bits per heavy atom.